The SMILES string of the molecule is CCN(CC)C/C=C/c1cc(/C=N/NC(=O)c2ccc(O)c(Cl)c2)cc(OC)c1OC.COc1cc(/C=N/NC(=O)c2ccc(O)c(Cl)c2)cc(/C=C/COc2ccccc2)c1OC.COc1cc(/C=N/NC(=O)c2ccc(O)c(Cl)c2)cc(/C=C/Cc2ccccc2)c1OC. The molecule has 96 heavy (non-hydrogen) atoms. The topological polar surface area (TPSA) is 253 Å². The van der Waals surface area contributed by atoms with E-state index in [0.29, 0.717) is 52.2 Å². The van der Waals surface area contributed by atoms with Gasteiger partial charge in [-0.15, -0.1) is 0 Å². The maximum absolute atomic E-state index is 12.2. The van der Waals surface area contributed by atoms with Gasteiger partial charge < -0.3 is 53.4 Å². The number of nitrogens with zero attached hydrogens (tertiary/aromatic N) is 4. The van der Waals surface area contributed by atoms with Gasteiger partial charge in [-0.05, 0) is 151 Å². The van der Waals surface area contributed by atoms with Gasteiger partial charge in [-0.1, -0.05) is 128 Å². The second-order valence-electron chi connectivity index (χ2n) is 20.1. The van der Waals surface area contributed by atoms with Crippen LogP contribution in [0.2, 0.25) is 15.1 Å². The highest BCUT2D eigenvalue weighted by molar-refractivity contribution is 6.33. The average molecular weight is 1360 g/mol. The van der Waals surface area contributed by atoms with Gasteiger partial charge in [-0.25, -0.2) is 16.3 Å². The minimum atomic E-state index is -0.466. The summed E-state index contributed by atoms with van der Waals surface area (Å²) in [4.78, 5) is 39.0. The summed E-state index contributed by atoms with van der Waals surface area (Å²) in [5, 5.41) is 40.7. The molecule has 3 amide bonds. The Hall–Kier alpha value is -10.8. The maximum Gasteiger partial charge on any atom is 0.271 e. The van der Waals surface area contributed by atoms with Crippen LogP contribution >= 0.6 is 34.8 Å². The van der Waals surface area contributed by atoms with Gasteiger partial charge in [0.25, 0.3) is 17.7 Å². The summed E-state index contributed by atoms with van der Waals surface area (Å²) >= 11 is 17.5. The molecule has 0 atom stereocenters. The van der Waals surface area contributed by atoms with E-state index in [9.17, 15) is 29.7 Å². The number of carbonyl (C=O) groups is 3. The molecule has 0 aromatic heterocycles. The number of hydrogen-bond donors (Lipinski definition) is 6. The maximum atomic E-state index is 12.2. The second kappa shape index (κ2) is 39.1. The fourth-order valence-corrected chi connectivity index (χ4v) is 9.40. The molecule has 8 rings (SSSR count). The molecular weight excluding hydrogens is 1290 g/mol. The fourth-order valence-electron chi connectivity index (χ4n) is 8.86. The molecule has 0 spiro atoms. The molecule has 8 aromatic rings. The number of benzene rings is 8. The normalized spacial score (nSPS) is 11.2. The molecule has 0 aliphatic carbocycles. The van der Waals surface area contributed by atoms with Crippen molar-refractivity contribution in [3.63, 3.8) is 0 Å². The van der Waals surface area contributed by atoms with Crippen molar-refractivity contribution < 1.29 is 62.9 Å². The molecule has 0 fully saturated rings. The third-order valence-corrected chi connectivity index (χ3v) is 14.7. The van der Waals surface area contributed by atoms with Crippen molar-refractivity contribution in [3.05, 3.63) is 241 Å². The highest BCUT2D eigenvalue weighted by Gasteiger charge is 2.15. The molecule has 6 N–H and O–H groups in total. The first-order valence-corrected chi connectivity index (χ1v) is 30.8. The van der Waals surface area contributed by atoms with Crippen molar-refractivity contribution in [2.45, 2.75) is 20.3 Å². The van der Waals surface area contributed by atoms with Gasteiger partial charge in [0, 0.05) is 39.9 Å². The molecule has 0 saturated heterocycles. The number of carbonyl (C=O) groups excluding carboxylic acids is 3. The van der Waals surface area contributed by atoms with Gasteiger partial charge in [0.2, 0.25) is 0 Å². The Morgan fingerprint density at radius 3 is 1.15 bits per heavy atom. The van der Waals surface area contributed by atoms with Crippen molar-refractivity contribution in [2.24, 2.45) is 15.3 Å². The molecule has 23 heteroatoms. The third-order valence-electron chi connectivity index (χ3n) is 13.8. The predicted octanol–water partition coefficient (Wildman–Crippen LogP) is 14.2. The van der Waals surface area contributed by atoms with Crippen molar-refractivity contribution in [3.8, 4) is 57.5 Å². The number of aromatic hydroxyl groups is 3. The number of allylic oxidation sites excluding steroid dienone is 1. The zero-order valence-corrected chi connectivity index (χ0v) is 56.3. The standard InChI is InChI=1S/C25H23ClN2O5.C25H23ClN2O4.C23H28ClN3O4/c1-31-23-14-17(16-27-28-25(30)19-10-11-22(29)21(26)15-19)13-18(24(23)32-2)7-6-12-33-20-8-4-3-5-9-20;1-31-23-14-18(16-27-28-25(30)20-11-12-22(29)21(26)15-20)13-19(24(23)32-2)10-6-9-17-7-4-3-5-8-17;1-5-27(6-2)11-7-8-17-12-16(13-21(30-3)22(17)31-4)15-25-26-23(29)18-9-10-20(28)19(24)14-18/h3-11,13-16,29H,12H2,1-2H3,(H,28,30);3-8,10-16,29H,9H2,1-2H3,(H,28,30);7-10,12-15,28H,5-6,11H2,1-4H3,(H,26,29)/b7-6+,27-16+;10-6+,27-16+;8-7+,25-15+. The molecule has 8 aromatic carbocycles. The number of halogens is 3. The monoisotopic (exact) mass is 1360 g/mol. The molecule has 0 aliphatic heterocycles. The van der Waals surface area contributed by atoms with E-state index < -0.39 is 17.7 Å². The second-order valence-corrected chi connectivity index (χ2v) is 21.4. The lowest BCUT2D eigenvalue weighted by Gasteiger charge is -2.15. The number of likely N-dealkylation sites (N-methyl/N-ethyl adjacent to an activating group) is 1. The summed E-state index contributed by atoms with van der Waals surface area (Å²) in [5.41, 5.74) is 13.9. The van der Waals surface area contributed by atoms with Gasteiger partial charge in [0.1, 0.15) is 29.6 Å². The van der Waals surface area contributed by atoms with Crippen LogP contribution in [0.15, 0.2) is 185 Å². The zero-order chi connectivity index (χ0) is 69.4. The van der Waals surface area contributed by atoms with Gasteiger partial charge in [-0.3, -0.25) is 14.4 Å². The highest BCUT2D eigenvalue weighted by atomic mass is 35.5. The molecule has 0 heterocycles. The Balaban J connectivity index is 0.000000228. The number of phenols is 3. The number of para-hydroxylation sites is 1. The van der Waals surface area contributed by atoms with Crippen LogP contribution in [-0.4, -0.2) is 125 Å². The van der Waals surface area contributed by atoms with E-state index in [-0.39, 0.29) is 49.0 Å². The van der Waals surface area contributed by atoms with Crippen molar-refractivity contribution >= 4 is 89.4 Å². The number of hydrazone groups is 3. The van der Waals surface area contributed by atoms with Crippen LogP contribution in [0.4, 0.5) is 0 Å². The Morgan fingerprint density at radius 1 is 0.448 bits per heavy atom. The molecule has 20 nitrogen and oxygen atoms in total. The smallest absolute Gasteiger partial charge is 0.271 e. The number of methoxy groups -OCH3 is 6. The van der Waals surface area contributed by atoms with Crippen LogP contribution in [0.3, 0.4) is 0 Å². The molecule has 500 valence electrons. The van der Waals surface area contributed by atoms with Crippen LogP contribution in [0.1, 0.15) is 83.9 Å². The van der Waals surface area contributed by atoms with Crippen LogP contribution in [-0.2, 0) is 6.42 Å². The van der Waals surface area contributed by atoms with Crippen LogP contribution < -0.4 is 49.4 Å². The Bertz CT molecular complexity index is 4090. The van der Waals surface area contributed by atoms with E-state index in [4.69, 9.17) is 68.0 Å². The summed E-state index contributed by atoms with van der Waals surface area (Å²) in [6, 6.07) is 43.0. The molecule has 0 saturated carbocycles. The number of phenolic OH excluding ortho intramolecular Hbond substituents is 3. The van der Waals surface area contributed by atoms with Gasteiger partial charge in [0.15, 0.2) is 34.5 Å². The Morgan fingerprint density at radius 2 is 0.802 bits per heavy atom. The van der Waals surface area contributed by atoms with Gasteiger partial charge >= 0.3 is 0 Å². The largest absolute Gasteiger partial charge is 0.506 e. The summed E-state index contributed by atoms with van der Waals surface area (Å²) < 4.78 is 38.6. The lowest BCUT2D eigenvalue weighted by Crippen LogP contribution is -2.22. The first-order valence-electron chi connectivity index (χ1n) is 29.6. The number of hydrogen-bond acceptors (Lipinski definition) is 17. The van der Waals surface area contributed by atoms with Gasteiger partial charge in [0.05, 0.1) is 76.4 Å². The number of nitrogens with one attached hydrogen (secondary N) is 3. The molecule has 0 aliphatic rings. The van der Waals surface area contributed by atoms with Gasteiger partial charge in [-0.2, -0.15) is 15.3 Å². The summed E-state index contributed by atoms with van der Waals surface area (Å²) in [5.74, 6) is 2.55. The third kappa shape index (κ3) is 22.8. The number of amides is 3. The fraction of sp³-hybridized carbons (Fsp3) is 0.178. The van der Waals surface area contributed by atoms with E-state index in [1.807, 2.05) is 97.1 Å². The first-order chi connectivity index (χ1) is 46.4. The Labute approximate surface area is 572 Å². The quantitative estimate of drug-likeness (QED) is 0.0207. The minimum Gasteiger partial charge on any atom is -0.506 e. The minimum absolute atomic E-state index is 0.0826. The van der Waals surface area contributed by atoms with Crippen LogP contribution in [0, 0.1) is 0 Å². The van der Waals surface area contributed by atoms with E-state index in [2.05, 4.69) is 68.5 Å². The van der Waals surface area contributed by atoms with Crippen molar-refractivity contribution in [1.29, 1.82) is 0 Å². The van der Waals surface area contributed by atoms with Crippen LogP contribution in [0.5, 0.6) is 57.5 Å². The summed E-state index contributed by atoms with van der Waals surface area (Å²) in [6.45, 7) is 7.39. The lowest BCUT2D eigenvalue weighted by atomic mass is 10.1. The molecule has 0 unspecified atom stereocenters. The summed E-state index contributed by atoms with van der Waals surface area (Å²) in [7, 11) is 9.41. The van der Waals surface area contributed by atoms with E-state index in [1.54, 1.807) is 60.9 Å². The Kier molecular flexibility index (Phi) is 30.2. The van der Waals surface area contributed by atoms with Crippen LogP contribution in [0.25, 0.3) is 18.2 Å². The molecule has 0 bridgehead atoms. The lowest BCUT2D eigenvalue weighted by molar-refractivity contribution is 0.0947. The van der Waals surface area contributed by atoms with E-state index in [0.717, 1.165) is 54.1 Å². The molecular formula is C73H74Cl3N7O13. The van der Waals surface area contributed by atoms with Crippen molar-refractivity contribution in [2.75, 3.05) is 68.9 Å². The average Bonchev–Trinajstić information content (AvgIpc) is 1.03. The van der Waals surface area contributed by atoms with E-state index >= 15 is 0 Å². The number of rotatable bonds is 27. The first kappa shape index (κ1) is 74.3. The predicted molar refractivity (Wildman–Crippen MR) is 380 cm³/mol. The number of ether oxygens (including phenoxy) is 7. The highest BCUT2D eigenvalue weighted by Crippen LogP contribution is 2.36. The summed E-state index contributed by atoms with van der Waals surface area (Å²) in [6.07, 6.45) is 17.1. The molecule has 0 radical (unpaired) electrons. The van der Waals surface area contributed by atoms with Crippen molar-refractivity contribution in [1.82, 2.24) is 21.2 Å². The van der Waals surface area contributed by atoms with E-state index in [1.165, 1.54) is 78.8 Å². The zero-order valence-electron chi connectivity index (χ0n) is 54.0.